The van der Waals surface area contributed by atoms with E-state index in [-0.39, 0.29) is 6.54 Å². The van der Waals surface area contributed by atoms with Crippen molar-refractivity contribution in [2.45, 2.75) is 13.5 Å². The quantitative estimate of drug-likeness (QED) is 0.946. The van der Waals surface area contributed by atoms with Gasteiger partial charge in [-0.25, -0.2) is 4.39 Å². The van der Waals surface area contributed by atoms with Gasteiger partial charge < -0.3 is 9.88 Å². The summed E-state index contributed by atoms with van der Waals surface area (Å²) in [5.41, 5.74) is 0.968. The Hall–Kier alpha value is -2.14. The first-order valence-electron chi connectivity index (χ1n) is 5.88. The van der Waals surface area contributed by atoms with E-state index in [0.717, 1.165) is 28.5 Å². The number of carbonyl (C=O) groups is 1. The van der Waals surface area contributed by atoms with E-state index >= 15 is 0 Å². The molecule has 0 aliphatic rings. The molecule has 1 aromatic carbocycles. The van der Waals surface area contributed by atoms with Crippen LogP contribution >= 0.6 is 11.6 Å². The van der Waals surface area contributed by atoms with Crippen molar-refractivity contribution in [1.29, 1.82) is 0 Å². The maximum atomic E-state index is 13.0. The molecule has 1 N–H and O–H groups in total. The lowest BCUT2D eigenvalue weighted by atomic mass is 10.2. The number of hydrogen-bond donors (Lipinski definition) is 1. The molecule has 0 radical (unpaired) electrons. The van der Waals surface area contributed by atoms with Crippen LogP contribution in [0.25, 0.3) is 0 Å². The molecule has 0 atom stereocenters. The summed E-state index contributed by atoms with van der Waals surface area (Å²) in [4.78, 5) is 23.3. The molecule has 0 saturated carbocycles. The van der Waals surface area contributed by atoms with Crippen molar-refractivity contribution in [1.82, 2.24) is 4.57 Å². The third-order valence-corrected chi connectivity index (χ3v) is 2.96. The number of halogens is 2. The van der Waals surface area contributed by atoms with Gasteiger partial charge in [0.2, 0.25) is 5.91 Å². The lowest BCUT2D eigenvalue weighted by molar-refractivity contribution is -0.116. The Morgan fingerprint density at radius 3 is 2.80 bits per heavy atom. The summed E-state index contributed by atoms with van der Waals surface area (Å²) in [6, 6.07) is 7.17. The fraction of sp³-hybridized carbons (Fsp3) is 0.143. The SMILES string of the molecule is Cc1cc(Cl)ccc1NC(=O)Cn1cc(F)ccc1=O. The van der Waals surface area contributed by atoms with Crippen molar-refractivity contribution in [2.24, 2.45) is 0 Å². The monoisotopic (exact) mass is 294 g/mol. The normalized spacial score (nSPS) is 10.3. The number of pyridine rings is 1. The average molecular weight is 295 g/mol. The highest BCUT2D eigenvalue weighted by atomic mass is 35.5. The molecule has 0 bridgehead atoms. The van der Waals surface area contributed by atoms with Crippen LogP contribution in [0.4, 0.5) is 10.1 Å². The molecular formula is C14H12ClFN2O2. The van der Waals surface area contributed by atoms with E-state index in [0.29, 0.717) is 10.7 Å². The topological polar surface area (TPSA) is 51.1 Å². The average Bonchev–Trinajstić information content (AvgIpc) is 2.37. The molecule has 0 saturated heterocycles. The molecule has 0 fully saturated rings. The third kappa shape index (κ3) is 3.45. The molecular weight excluding hydrogens is 283 g/mol. The highest BCUT2D eigenvalue weighted by Crippen LogP contribution is 2.19. The zero-order valence-electron chi connectivity index (χ0n) is 10.7. The number of aryl methyl sites for hydroxylation is 1. The van der Waals surface area contributed by atoms with Gasteiger partial charge in [0, 0.05) is 23.0 Å². The standard InChI is InChI=1S/C14H12ClFN2O2/c1-9-6-10(15)2-4-12(9)17-13(19)8-18-7-11(16)3-5-14(18)20/h2-7H,8H2,1H3,(H,17,19). The minimum Gasteiger partial charge on any atom is -0.324 e. The zero-order chi connectivity index (χ0) is 14.7. The predicted octanol–water partition coefficient (Wildman–Crippen LogP) is 2.59. The Balaban J connectivity index is 2.13. The molecule has 1 aromatic heterocycles. The van der Waals surface area contributed by atoms with Crippen molar-refractivity contribution in [3.63, 3.8) is 0 Å². The number of nitrogens with zero attached hydrogens (tertiary/aromatic N) is 1. The highest BCUT2D eigenvalue weighted by Gasteiger charge is 2.07. The second kappa shape index (κ2) is 5.88. The second-order valence-corrected chi connectivity index (χ2v) is 4.76. The molecule has 20 heavy (non-hydrogen) atoms. The molecule has 2 aromatic rings. The molecule has 0 aliphatic heterocycles. The first-order chi connectivity index (χ1) is 9.45. The summed E-state index contributed by atoms with van der Waals surface area (Å²) in [7, 11) is 0. The minimum absolute atomic E-state index is 0.251. The molecule has 4 nitrogen and oxygen atoms in total. The number of anilines is 1. The molecule has 0 aliphatic carbocycles. The Kier molecular flexibility index (Phi) is 4.20. The summed E-state index contributed by atoms with van der Waals surface area (Å²) in [6.07, 6.45) is 0.997. The Morgan fingerprint density at radius 1 is 1.35 bits per heavy atom. The molecule has 104 valence electrons. The van der Waals surface area contributed by atoms with E-state index in [9.17, 15) is 14.0 Å². The van der Waals surface area contributed by atoms with Gasteiger partial charge in [0.15, 0.2) is 0 Å². The van der Waals surface area contributed by atoms with Crippen LogP contribution in [0.3, 0.4) is 0 Å². The number of hydrogen-bond acceptors (Lipinski definition) is 2. The van der Waals surface area contributed by atoms with Gasteiger partial charge in [0.25, 0.3) is 5.56 Å². The van der Waals surface area contributed by atoms with Crippen LogP contribution in [0.15, 0.2) is 41.3 Å². The van der Waals surface area contributed by atoms with Crippen LogP contribution in [0.1, 0.15) is 5.56 Å². The van der Waals surface area contributed by atoms with E-state index in [1.165, 1.54) is 0 Å². The van der Waals surface area contributed by atoms with Crippen LogP contribution in [-0.4, -0.2) is 10.5 Å². The molecule has 1 heterocycles. The van der Waals surface area contributed by atoms with Gasteiger partial charge in [-0.3, -0.25) is 9.59 Å². The van der Waals surface area contributed by atoms with Crippen molar-refractivity contribution in [3.8, 4) is 0 Å². The number of aromatic nitrogens is 1. The van der Waals surface area contributed by atoms with Gasteiger partial charge >= 0.3 is 0 Å². The van der Waals surface area contributed by atoms with Crippen LogP contribution in [0, 0.1) is 12.7 Å². The maximum Gasteiger partial charge on any atom is 0.251 e. The van der Waals surface area contributed by atoms with Gasteiger partial charge in [-0.15, -0.1) is 0 Å². The highest BCUT2D eigenvalue weighted by molar-refractivity contribution is 6.30. The summed E-state index contributed by atoms with van der Waals surface area (Å²) in [5, 5.41) is 3.22. The van der Waals surface area contributed by atoms with Crippen LogP contribution in [0.2, 0.25) is 5.02 Å². The fourth-order valence-electron chi connectivity index (χ4n) is 1.74. The van der Waals surface area contributed by atoms with Crippen molar-refractivity contribution < 1.29 is 9.18 Å². The number of carbonyl (C=O) groups excluding carboxylic acids is 1. The van der Waals surface area contributed by atoms with Gasteiger partial charge in [0.1, 0.15) is 12.4 Å². The maximum absolute atomic E-state index is 13.0. The van der Waals surface area contributed by atoms with E-state index in [1.807, 2.05) is 0 Å². The van der Waals surface area contributed by atoms with Crippen molar-refractivity contribution in [2.75, 3.05) is 5.32 Å². The number of nitrogens with one attached hydrogen (secondary N) is 1. The van der Waals surface area contributed by atoms with E-state index in [1.54, 1.807) is 25.1 Å². The van der Waals surface area contributed by atoms with Gasteiger partial charge in [-0.2, -0.15) is 0 Å². The Bertz CT molecular complexity index is 713. The van der Waals surface area contributed by atoms with E-state index in [2.05, 4.69) is 5.32 Å². The first-order valence-corrected chi connectivity index (χ1v) is 6.25. The molecule has 0 spiro atoms. The lowest BCUT2D eigenvalue weighted by Crippen LogP contribution is -2.27. The zero-order valence-corrected chi connectivity index (χ0v) is 11.4. The number of benzene rings is 1. The number of amides is 1. The summed E-state index contributed by atoms with van der Waals surface area (Å²) < 4.78 is 14.0. The van der Waals surface area contributed by atoms with Crippen molar-refractivity contribution in [3.05, 3.63) is 63.3 Å². The van der Waals surface area contributed by atoms with Crippen LogP contribution in [-0.2, 0) is 11.3 Å². The predicted molar refractivity (Wildman–Crippen MR) is 75.5 cm³/mol. The van der Waals surface area contributed by atoms with Crippen molar-refractivity contribution >= 4 is 23.2 Å². The van der Waals surface area contributed by atoms with E-state index in [4.69, 9.17) is 11.6 Å². The molecule has 6 heteroatoms. The smallest absolute Gasteiger partial charge is 0.251 e. The molecule has 1 amide bonds. The van der Waals surface area contributed by atoms with E-state index < -0.39 is 17.3 Å². The van der Waals surface area contributed by atoms with Gasteiger partial charge in [0.05, 0.1) is 0 Å². The van der Waals surface area contributed by atoms with Crippen LogP contribution in [0.5, 0.6) is 0 Å². The third-order valence-electron chi connectivity index (χ3n) is 2.72. The fourth-order valence-corrected chi connectivity index (χ4v) is 1.96. The first kappa shape index (κ1) is 14.3. The minimum atomic E-state index is -0.569. The Labute approximate surface area is 119 Å². The lowest BCUT2D eigenvalue weighted by Gasteiger charge is -2.10. The summed E-state index contributed by atoms with van der Waals surface area (Å²) in [6.45, 7) is 1.55. The molecule has 0 unspecified atom stereocenters. The van der Waals surface area contributed by atoms with Crippen LogP contribution < -0.4 is 10.9 Å². The summed E-state index contributed by atoms with van der Waals surface area (Å²) >= 11 is 5.82. The number of rotatable bonds is 3. The summed E-state index contributed by atoms with van der Waals surface area (Å²) in [5.74, 6) is -0.983. The van der Waals surface area contributed by atoms with Gasteiger partial charge in [-0.05, 0) is 36.8 Å². The second-order valence-electron chi connectivity index (χ2n) is 4.32. The largest absolute Gasteiger partial charge is 0.324 e. The Morgan fingerprint density at radius 2 is 2.10 bits per heavy atom. The van der Waals surface area contributed by atoms with Gasteiger partial charge in [-0.1, -0.05) is 11.6 Å². The molecule has 2 rings (SSSR count).